The average Bonchev–Trinajstić information content (AvgIpc) is 2.19. The number of aromatic nitrogens is 2. The van der Waals surface area contributed by atoms with Gasteiger partial charge in [0.15, 0.2) is 0 Å². The molecule has 0 unspecified atom stereocenters. The topological polar surface area (TPSA) is 29.9 Å². The largest absolute Gasteiger partial charge is 0.314 e. The predicted molar refractivity (Wildman–Crippen MR) is 46.0 cm³/mol. The lowest BCUT2D eigenvalue weighted by Crippen LogP contribution is -2.06. The van der Waals surface area contributed by atoms with Crippen LogP contribution in [0, 0.1) is 0 Å². The maximum Gasteiger partial charge on any atom is 0.145 e. The van der Waals surface area contributed by atoms with Crippen molar-refractivity contribution in [2.75, 3.05) is 7.05 Å². The van der Waals surface area contributed by atoms with Gasteiger partial charge in [0.25, 0.3) is 0 Å². The summed E-state index contributed by atoms with van der Waals surface area (Å²) in [5.74, 6) is 0. The van der Waals surface area contributed by atoms with Crippen molar-refractivity contribution in [2.45, 2.75) is 6.54 Å². The number of hydrogen-bond acceptors (Lipinski definition) is 2. The summed E-state index contributed by atoms with van der Waals surface area (Å²) in [5.41, 5.74) is 0.779. The zero-order valence-electron chi connectivity index (χ0n) is 6.36. The SMILES string of the molecule is CNCc1nn(C)c(Cl)c1Cl. The number of aryl methyl sites for hydroxylation is 1. The second-order valence-electron chi connectivity index (χ2n) is 2.21. The number of nitrogens with one attached hydrogen (secondary N) is 1. The molecule has 62 valence electrons. The van der Waals surface area contributed by atoms with E-state index in [9.17, 15) is 0 Å². The minimum absolute atomic E-state index is 0.483. The van der Waals surface area contributed by atoms with Gasteiger partial charge in [-0.2, -0.15) is 5.10 Å². The van der Waals surface area contributed by atoms with Gasteiger partial charge in [0.1, 0.15) is 10.2 Å². The van der Waals surface area contributed by atoms with E-state index < -0.39 is 0 Å². The van der Waals surface area contributed by atoms with Gasteiger partial charge in [0.2, 0.25) is 0 Å². The van der Waals surface area contributed by atoms with E-state index in [2.05, 4.69) is 10.4 Å². The summed E-state index contributed by atoms with van der Waals surface area (Å²) in [4.78, 5) is 0. The van der Waals surface area contributed by atoms with Crippen molar-refractivity contribution in [3.8, 4) is 0 Å². The van der Waals surface area contributed by atoms with Crippen LogP contribution in [0.25, 0.3) is 0 Å². The van der Waals surface area contributed by atoms with Gasteiger partial charge in [-0.1, -0.05) is 23.2 Å². The predicted octanol–water partition coefficient (Wildman–Crippen LogP) is 1.45. The van der Waals surface area contributed by atoms with Crippen molar-refractivity contribution in [3.63, 3.8) is 0 Å². The van der Waals surface area contributed by atoms with Crippen LogP contribution >= 0.6 is 23.2 Å². The zero-order valence-corrected chi connectivity index (χ0v) is 7.87. The highest BCUT2D eigenvalue weighted by atomic mass is 35.5. The van der Waals surface area contributed by atoms with Crippen LogP contribution in [-0.2, 0) is 13.6 Å². The minimum Gasteiger partial charge on any atom is -0.314 e. The summed E-state index contributed by atoms with van der Waals surface area (Å²) < 4.78 is 1.55. The van der Waals surface area contributed by atoms with Crippen LogP contribution in [0.2, 0.25) is 10.2 Å². The molecule has 0 aliphatic rings. The van der Waals surface area contributed by atoms with Crippen molar-refractivity contribution < 1.29 is 0 Å². The first-order valence-corrected chi connectivity index (χ1v) is 3.94. The van der Waals surface area contributed by atoms with Crippen LogP contribution in [0.15, 0.2) is 0 Å². The molecule has 0 aromatic carbocycles. The lowest BCUT2D eigenvalue weighted by Gasteiger charge is -1.91. The second kappa shape index (κ2) is 3.43. The van der Waals surface area contributed by atoms with E-state index in [4.69, 9.17) is 23.2 Å². The highest BCUT2D eigenvalue weighted by Gasteiger charge is 2.10. The van der Waals surface area contributed by atoms with Crippen LogP contribution in [0.1, 0.15) is 5.69 Å². The van der Waals surface area contributed by atoms with Gasteiger partial charge >= 0.3 is 0 Å². The highest BCUT2D eigenvalue weighted by Crippen LogP contribution is 2.24. The smallest absolute Gasteiger partial charge is 0.145 e. The van der Waals surface area contributed by atoms with Crippen molar-refractivity contribution in [3.05, 3.63) is 15.9 Å². The average molecular weight is 194 g/mol. The van der Waals surface area contributed by atoms with E-state index in [-0.39, 0.29) is 0 Å². The fourth-order valence-corrected chi connectivity index (χ4v) is 1.18. The van der Waals surface area contributed by atoms with Gasteiger partial charge in [-0.3, -0.25) is 4.68 Å². The van der Waals surface area contributed by atoms with Gasteiger partial charge in [-0.15, -0.1) is 0 Å². The maximum absolute atomic E-state index is 5.84. The second-order valence-corrected chi connectivity index (χ2v) is 2.94. The van der Waals surface area contributed by atoms with E-state index in [0.717, 1.165) is 5.69 Å². The highest BCUT2D eigenvalue weighted by molar-refractivity contribution is 6.41. The Hall–Kier alpha value is -0.250. The molecule has 0 saturated heterocycles. The summed E-state index contributed by atoms with van der Waals surface area (Å²) in [5, 5.41) is 8.05. The third-order valence-corrected chi connectivity index (χ3v) is 2.26. The molecule has 0 aliphatic carbocycles. The summed E-state index contributed by atoms with van der Waals surface area (Å²) in [6.07, 6.45) is 0. The van der Waals surface area contributed by atoms with E-state index in [0.29, 0.717) is 16.7 Å². The number of halogens is 2. The molecule has 0 atom stereocenters. The Morgan fingerprint density at radius 3 is 2.55 bits per heavy atom. The first-order chi connectivity index (χ1) is 5.16. The van der Waals surface area contributed by atoms with E-state index >= 15 is 0 Å². The van der Waals surface area contributed by atoms with Gasteiger partial charge in [0, 0.05) is 13.6 Å². The molecular weight excluding hydrogens is 185 g/mol. The Morgan fingerprint density at radius 2 is 2.18 bits per heavy atom. The summed E-state index contributed by atoms with van der Waals surface area (Å²) in [7, 11) is 3.59. The van der Waals surface area contributed by atoms with Crippen LogP contribution in [0.3, 0.4) is 0 Å². The van der Waals surface area contributed by atoms with Gasteiger partial charge in [-0.25, -0.2) is 0 Å². The Morgan fingerprint density at radius 1 is 1.55 bits per heavy atom. The first kappa shape index (κ1) is 8.84. The molecule has 3 nitrogen and oxygen atoms in total. The lowest BCUT2D eigenvalue weighted by atomic mass is 10.4. The molecule has 1 heterocycles. The van der Waals surface area contributed by atoms with Crippen molar-refractivity contribution in [2.24, 2.45) is 7.05 Å². The normalized spacial score (nSPS) is 10.5. The van der Waals surface area contributed by atoms with Crippen LogP contribution in [0.4, 0.5) is 0 Å². The van der Waals surface area contributed by atoms with Crippen LogP contribution < -0.4 is 5.32 Å². The monoisotopic (exact) mass is 193 g/mol. The summed E-state index contributed by atoms with van der Waals surface area (Å²) >= 11 is 11.6. The fourth-order valence-electron chi connectivity index (χ4n) is 0.810. The molecule has 11 heavy (non-hydrogen) atoms. The van der Waals surface area contributed by atoms with Crippen molar-refractivity contribution >= 4 is 23.2 Å². The zero-order chi connectivity index (χ0) is 8.43. The number of rotatable bonds is 2. The fraction of sp³-hybridized carbons (Fsp3) is 0.500. The molecule has 0 radical (unpaired) electrons. The molecule has 1 N–H and O–H groups in total. The summed E-state index contributed by atoms with van der Waals surface area (Å²) in [6.45, 7) is 0.638. The van der Waals surface area contributed by atoms with Crippen LogP contribution in [0.5, 0.6) is 0 Å². The number of hydrogen-bond donors (Lipinski definition) is 1. The van der Waals surface area contributed by atoms with E-state index in [1.54, 1.807) is 11.7 Å². The summed E-state index contributed by atoms with van der Waals surface area (Å²) in [6, 6.07) is 0. The van der Waals surface area contributed by atoms with Gasteiger partial charge in [0.05, 0.1) is 5.69 Å². The Bertz CT molecular complexity index is 257. The molecule has 0 spiro atoms. The molecular formula is C6H9Cl2N3. The third kappa shape index (κ3) is 1.67. The third-order valence-electron chi connectivity index (χ3n) is 1.33. The van der Waals surface area contributed by atoms with Gasteiger partial charge in [-0.05, 0) is 7.05 Å². The van der Waals surface area contributed by atoms with E-state index in [1.165, 1.54) is 0 Å². The number of nitrogens with zero attached hydrogens (tertiary/aromatic N) is 2. The Balaban J connectivity index is 2.98. The minimum atomic E-state index is 0.483. The van der Waals surface area contributed by atoms with Crippen LogP contribution in [-0.4, -0.2) is 16.8 Å². The molecule has 5 heteroatoms. The molecule has 1 rings (SSSR count). The molecule has 0 amide bonds. The lowest BCUT2D eigenvalue weighted by molar-refractivity contribution is 0.712. The van der Waals surface area contributed by atoms with Gasteiger partial charge < -0.3 is 5.32 Å². The van der Waals surface area contributed by atoms with E-state index in [1.807, 2.05) is 7.05 Å². The Kier molecular flexibility index (Phi) is 2.76. The first-order valence-electron chi connectivity index (χ1n) is 3.18. The molecule has 0 fully saturated rings. The quantitative estimate of drug-likeness (QED) is 0.771. The Labute approximate surface area is 75.3 Å². The van der Waals surface area contributed by atoms with Crippen molar-refractivity contribution in [1.82, 2.24) is 15.1 Å². The molecule has 0 aliphatic heterocycles. The molecule has 1 aromatic rings. The maximum atomic E-state index is 5.84. The van der Waals surface area contributed by atoms with Crippen molar-refractivity contribution in [1.29, 1.82) is 0 Å². The standard InChI is InChI=1S/C6H9Cl2N3/c1-9-3-4-5(7)6(8)11(2)10-4/h9H,3H2,1-2H3. The molecule has 0 saturated carbocycles. The molecule has 1 aromatic heterocycles. The molecule has 0 bridgehead atoms.